The van der Waals surface area contributed by atoms with Crippen molar-refractivity contribution in [2.45, 2.75) is 44.7 Å². The Morgan fingerprint density at radius 1 is 1.22 bits per heavy atom. The van der Waals surface area contributed by atoms with Gasteiger partial charge >= 0.3 is 0 Å². The van der Waals surface area contributed by atoms with E-state index >= 15 is 0 Å². The molecule has 98 valence electrons. The fourth-order valence-electron chi connectivity index (χ4n) is 3.66. The molecule has 3 rings (SSSR count). The van der Waals surface area contributed by atoms with Gasteiger partial charge in [0.1, 0.15) is 0 Å². The summed E-state index contributed by atoms with van der Waals surface area (Å²) in [5, 5.41) is 0.815. The summed E-state index contributed by atoms with van der Waals surface area (Å²) in [6.45, 7) is 2.21. The van der Waals surface area contributed by atoms with Gasteiger partial charge in [0, 0.05) is 23.3 Å². The molecule has 2 unspecified atom stereocenters. The van der Waals surface area contributed by atoms with Crippen molar-refractivity contribution in [2.75, 3.05) is 12.3 Å². The molecule has 0 spiro atoms. The molecule has 1 saturated carbocycles. The molecule has 1 saturated heterocycles. The molecular weight excluding hydrogens is 244 g/mol. The number of piperidine rings is 1. The van der Waals surface area contributed by atoms with E-state index in [1.807, 2.05) is 12.1 Å². The van der Waals surface area contributed by atoms with Gasteiger partial charge in [0.05, 0.1) is 0 Å². The first kappa shape index (κ1) is 12.3. The summed E-state index contributed by atoms with van der Waals surface area (Å²) in [5.74, 6) is 0.936. The number of hydrogen-bond donors (Lipinski definition) is 1. The van der Waals surface area contributed by atoms with Gasteiger partial charge in [-0.05, 0) is 55.8 Å². The van der Waals surface area contributed by atoms with Crippen molar-refractivity contribution in [3.05, 3.63) is 28.8 Å². The summed E-state index contributed by atoms with van der Waals surface area (Å²) in [5.41, 5.74) is 7.72. The largest absolute Gasteiger partial charge is 0.399 e. The Morgan fingerprint density at radius 2 is 2.06 bits per heavy atom. The minimum atomic E-state index is 0.751. The summed E-state index contributed by atoms with van der Waals surface area (Å²) in [6.07, 6.45) is 6.97. The Hall–Kier alpha value is -0.730. The molecule has 0 bridgehead atoms. The molecule has 1 aromatic rings. The molecule has 2 N–H and O–H groups in total. The zero-order chi connectivity index (χ0) is 12.5. The van der Waals surface area contributed by atoms with Crippen molar-refractivity contribution in [2.24, 2.45) is 5.92 Å². The van der Waals surface area contributed by atoms with Crippen LogP contribution in [-0.4, -0.2) is 17.5 Å². The minimum absolute atomic E-state index is 0.751. The van der Waals surface area contributed by atoms with Gasteiger partial charge in [-0.15, -0.1) is 0 Å². The van der Waals surface area contributed by atoms with E-state index in [-0.39, 0.29) is 0 Å². The maximum Gasteiger partial charge on any atom is 0.0471 e. The lowest BCUT2D eigenvalue weighted by molar-refractivity contribution is 0.106. The predicted molar refractivity (Wildman–Crippen MR) is 76.6 cm³/mol. The number of nitrogens with zero attached hydrogens (tertiary/aromatic N) is 1. The van der Waals surface area contributed by atoms with Crippen LogP contribution in [0.15, 0.2) is 18.2 Å². The normalized spacial score (nSPS) is 28.3. The molecule has 2 nitrogen and oxygen atoms in total. The fourth-order valence-corrected chi connectivity index (χ4v) is 3.91. The lowest BCUT2D eigenvalue weighted by Gasteiger charge is -2.38. The van der Waals surface area contributed by atoms with Crippen molar-refractivity contribution in [1.82, 2.24) is 4.90 Å². The van der Waals surface area contributed by atoms with Gasteiger partial charge < -0.3 is 5.73 Å². The van der Waals surface area contributed by atoms with Gasteiger partial charge in [-0.25, -0.2) is 0 Å². The van der Waals surface area contributed by atoms with Gasteiger partial charge in [0.25, 0.3) is 0 Å². The second-order valence-corrected chi connectivity index (χ2v) is 6.13. The van der Waals surface area contributed by atoms with E-state index in [0.717, 1.165) is 29.2 Å². The zero-order valence-electron chi connectivity index (χ0n) is 10.7. The molecule has 2 fully saturated rings. The van der Waals surface area contributed by atoms with Crippen LogP contribution in [0, 0.1) is 5.92 Å². The van der Waals surface area contributed by atoms with E-state index in [1.54, 1.807) is 0 Å². The quantitative estimate of drug-likeness (QED) is 0.826. The van der Waals surface area contributed by atoms with Crippen molar-refractivity contribution in [3.63, 3.8) is 0 Å². The summed E-state index contributed by atoms with van der Waals surface area (Å²) in [6, 6.07) is 6.70. The van der Waals surface area contributed by atoms with E-state index in [4.69, 9.17) is 17.3 Å². The van der Waals surface area contributed by atoms with Crippen LogP contribution in [0.25, 0.3) is 0 Å². The standard InChI is InChI=1S/C15H21ClN2/c16-14-9-13(17)7-6-12(14)10-18-8-2-4-11-3-1-5-15(11)18/h6-7,9,11,15H,1-5,8,10,17H2. The van der Waals surface area contributed by atoms with E-state index in [0.29, 0.717) is 0 Å². The minimum Gasteiger partial charge on any atom is -0.399 e. The lowest BCUT2D eigenvalue weighted by atomic mass is 9.91. The molecule has 1 aliphatic heterocycles. The van der Waals surface area contributed by atoms with E-state index in [1.165, 1.54) is 44.2 Å². The summed E-state index contributed by atoms with van der Waals surface area (Å²) in [7, 11) is 0. The predicted octanol–water partition coefficient (Wildman–Crippen LogP) is 3.69. The number of nitrogens with two attached hydrogens (primary N) is 1. The first-order valence-electron chi connectivity index (χ1n) is 7.02. The Bertz CT molecular complexity index is 433. The summed E-state index contributed by atoms with van der Waals surface area (Å²) < 4.78 is 0. The van der Waals surface area contributed by atoms with Gasteiger partial charge in [0.2, 0.25) is 0 Å². The number of hydrogen-bond acceptors (Lipinski definition) is 2. The lowest BCUT2D eigenvalue weighted by Crippen LogP contribution is -2.41. The third kappa shape index (κ3) is 2.36. The van der Waals surface area contributed by atoms with Crippen LogP contribution in [0.1, 0.15) is 37.7 Å². The van der Waals surface area contributed by atoms with Crippen molar-refractivity contribution < 1.29 is 0 Å². The van der Waals surface area contributed by atoms with Crippen molar-refractivity contribution in [3.8, 4) is 0 Å². The first-order chi connectivity index (χ1) is 8.74. The van der Waals surface area contributed by atoms with Gasteiger partial charge in [-0.1, -0.05) is 24.1 Å². The van der Waals surface area contributed by atoms with Crippen LogP contribution in [0.5, 0.6) is 0 Å². The number of anilines is 1. The Balaban J connectivity index is 1.75. The third-order valence-corrected chi connectivity index (χ3v) is 4.91. The Morgan fingerprint density at radius 3 is 2.89 bits per heavy atom. The Kier molecular flexibility index (Phi) is 3.49. The second-order valence-electron chi connectivity index (χ2n) is 5.72. The molecule has 3 heteroatoms. The van der Waals surface area contributed by atoms with Gasteiger partial charge in [-0.3, -0.25) is 4.90 Å². The van der Waals surface area contributed by atoms with Crippen molar-refractivity contribution >= 4 is 17.3 Å². The fraction of sp³-hybridized carbons (Fsp3) is 0.600. The van der Waals surface area contributed by atoms with Crippen LogP contribution in [0.2, 0.25) is 5.02 Å². The van der Waals surface area contributed by atoms with E-state index in [9.17, 15) is 0 Å². The van der Waals surface area contributed by atoms with Gasteiger partial charge in [-0.2, -0.15) is 0 Å². The van der Waals surface area contributed by atoms with E-state index in [2.05, 4.69) is 11.0 Å². The van der Waals surface area contributed by atoms with Crippen molar-refractivity contribution in [1.29, 1.82) is 0 Å². The number of rotatable bonds is 2. The highest BCUT2D eigenvalue weighted by atomic mass is 35.5. The molecule has 0 amide bonds. The molecule has 0 radical (unpaired) electrons. The topological polar surface area (TPSA) is 29.3 Å². The number of halogens is 1. The molecule has 2 aliphatic rings. The number of fused-ring (bicyclic) bond motifs is 1. The van der Waals surface area contributed by atoms with Crippen LogP contribution in [0.4, 0.5) is 5.69 Å². The molecule has 18 heavy (non-hydrogen) atoms. The highest BCUT2D eigenvalue weighted by molar-refractivity contribution is 6.31. The molecule has 1 aromatic carbocycles. The molecule has 0 aromatic heterocycles. The maximum absolute atomic E-state index is 6.28. The van der Waals surface area contributed by atoms with Crippen LogP contribution in [-0.2, 0) is 6.54 Å². The third-order valence-electron chi connectivity index (χ3n) is 4.56. The van der Waals surface area contributed by atoms with Crippen LogP contribution in [0.3, 0.4) is 0 Å². The highest BCUT2D eigenvalue weighted by Crippen LogP contribution is 2.37. The Labute approximate surface area is 114 Å². The van der Waals surface area contributed by atoms with E-state index < -0.39 is 0 Å². The SMILES string of the molecule is Nc1ccc(CN2CCCC3CCCC32)c(Cl)c1. The average molecular weight is 265 g/mol. The maximum atomic E-state index is 6.28. The number of likely N-dealkylation sites (tertiary alicyclic amines) is 1. The number of benzene rings is 1. The number of nitrogen functional groups attached to an aromatic ring is 1. The van der Waals surface area contributed by atoms with Crippen LogP contribution >= 0.6 is 11.6 Å². The molecule has 1 heterocycles. The molecular formula is C15H21ClN2. The highest BCUT2D eigenvalue weighted by Gasteiger charge is 2.34. The second kappa shape index (κ2) is 5.10. The molecule has 1 aliphatic carbocycles. The zero-order valence-corrected chi connectivity index (χ0v) is 11.5. The average Bonchev–Trinajstić information content (AvgIpc) is 2.82. The van der Waals surface area contributed by atoms with Gasteiger partial charge in [0.15, 0.2) is 0 Å². The monoisotopic (exact) mass is 264 g/mol. The van der Waals surface area contributed by atoms with Crippen LogP contribution < -0.4 is 5.73 Å². The smallest absolute Gasteiger partial charge is 0.0471 e. The summed E-state index contributed by atoms with van der Waals surface area (Å²) >= 11 is 6.28. The molecule has 2 atom stereocenters. The first-order valence-corrected chi connectivity index (χ1v) is 7.40. The summed E-state index contributed by atoms with van der Waals surface area (Å²) in [4.78, 5) is 2.64.